The molecule has 1 saturated heterocycles. The summed E-state index contributed by atoms with van der Waals surface area (Å²) < 4.78 is 26.5. The van der Waals surface area contributed by atoms with E-state index in [9.17, 15) is 23.2 Å². The van der Waals surface area contributed by atoms with Crippen molar-refractivity contribution in [2.75, 3.05) is 11.6 Å². The van der Waals surface area contributed by atoms with E-state index in [2.05, 4.69) is 5.32 Å². The first-order chi connectivity index (χ1) is 15.7. The largest absolute Gasteiger partial charge is 0.481 e. The van der Waals surface area contributed by atoms with E-state index >= 15 is 0 Å². The number of thioether (sulfide) groups is 1. The molecule has 33 heavy (non-hydrogen) atoms. The lowest BCUT2D eigenvalue weighted by atomic mass is 10.0. The minimum absolute atomic E-state index is 0.0195. The molecular weight excluding hydrogens is 452 g/mol. The predicted molar refractivity (Wildman–Crippen MR) is 120 cm³/mol. The molecule has 0 aromatic heterocycles. The molecular formula is C23H25F2N3O4S. The van der Waals surface area contributed by atoms with Crippen LogP contribution in [0.25, 0.3) is 0 Å². The minimum atomic E-state index is -0.963. The van der Waals surface area contributed by atoms with Crippen molar-refractivity contribution < 1.29 is 28.3 Å². The average Bonchev–Trinajstić information content (AvgIpc) is 3.25. The zero-order valence-corrected chi connectivity index (χ0v) is 18.6. The van der Waals surface area contributed by atoms with Crippen LogP contribution >= 0.6 is 11.8 Å². The molecule has 0 spiro atoms. The highest BCUT2D eigenvalue weighted by atomic mass is 32.2. The zero-order chi connectivity index (χ0) is 24.0. The number of hydrogen-bond donors (Lipinski definition) is 3. The van der Waals surface area contributed by atoms with Crippen LogP contribution in [0.5, 0.6) is 0 Å². The molecule has 0 saturated carbocycles. The van der Waals surface area contributed by atoms with Crippen LogP contribution in [0.3, 0.4) is 0 Å². The summed E-state index contributed by atoms with van der Waals surface area (Å²) in [6.45, 7) is 0.255. The SMILES string of the molecule is N[C@@H](CC(=O)N1CSC[C@H]1C(=O)NCc1ccc(CC(=O)O)cc1)Cc1ccc(F)c(F)c1. The quantitative estimate of drug-likeness (QED) is 0.510. The van der Waals surface area contributed by atoms with Crippen LogP contribution < -0.4 is 11.1 Å². The van der Waals surface area contributed by atoms with E-state index in [0.717, 1.165) is 17.7 Å². The highest BCUT2D eigenvalue weighted by molar-refractivity contribution is 7.99. The van der Waals surface area contributed by atoms with E-state index in [4.69, 9.17) is 10.8 Å². The topological polar surface area (TPSA) is 113 Å². The second-order valence-electron chi connectivity index (χ2n) is 7.90. The third-order valence-electron chi connectivity index (χ3n) is 5.27. The highest BCUT2D eigenvalue weighted by Gasteiger charge is 2.34. The summed E-state index contributed by atoms with van der Waals surface area (Å²) in [6.07, 6.45) is 0.119. The van der Waals surface area contributed by atoms with E-state index < -0.39 is 29.7 Å². The van der Waals surface area contributed by atoms with Crippen molar-refractivity contribution in [1.82, 2.24) is 10.2 Å². The van der Waals surface area contributed by atoms with Gasteiger partial charge in [-0.3, -0.25) is 14.4 Å². The van der Waals surface area contributed by atoms with Gasteiger partial charge in [0.1, 0.15) is 6.04 Å². The molecule has 0 bridgehead atoms. The summed E-state index contributed by atoms with van der Waals surface area (Å²) in [4.78, 5) is 37.7. The first-order valence-corrected chi connectivity index (χ1v) is 11.5. The number of amides is 2. The molecule has 10 heteroatoms. The summed E-state index contributed by atoms with van der Waals surface area (Å²) >= 11 is 1.47. The van der Waals surface area contributed by atoms with Gasteiger partial charge in [-0.25, -0.2) is 8.78 Å². The fraction of sp³-hybridized carbons (Fsp3) is 0.348. The Morgan fingerprint density at radius 1 is 1.09 bits per heavy atom. The average molecular weight is 478 g/mol. The van der Waals surface area contributed by atoms with Crippen LogP contribution in [0, 0.1) is 11.6 Å². The van der Waals surface area contributed by atoms with Gasteiger partial charge in [0.2, 0.25) is 11.8 Å². The predicted octanol–water partition coefficient (Wildman–Crippen LogP) is 2.07. The van der Waals surface area contributed by atoms with Gasteiger partial charge in [-0.2, -0.15) is 0 Å². The second-order valence-corrected chi connectivity index (χ2v) is 8.90. The van der Waals surface area contributed by atoms with Gasteiger partial charge >= 0.3 is 5.97 Å². The Kier molecular flexibility index (Phi) is 8.40. The number of hydrogen-bond acceptors (Lipinski definition) is 5. The van der Waals surface area contributed by atoms with Crippen molar-refractivity contribution in [3.8, 4) is 0 Å². The molecule has 0 unspecified atom stereocenters. The molecule has 1 aliphatic rings. The van der Waals surface area contributed by atoms with E-state index in [-0.39, 0.29) is 37.6 Å². The Labute approximate surface area is 194 Å². The van der Waals surface area contributed by atoms with Crippen molar-refractivity contribution in [2.45, 2.75) is 37.9 Å². The van der Waals surface area contributed by atoms with Crippen LogP contribution in [0.1, 0.15) is 23.1 Å². The van der Waals surface area contributed by atoms with Crippen LogP contribution in [0.2, 0.25) is 0 Å². The standard InChI is InChI=1S/C23H25F2N3O4S/c24-18-6-5-16(8-19(18)25)7-17(26)10-21(29)28-13-33-12-20(28)23(32)27-11-15-3-1-14(2-4-15)9-22(30)31/h1-6,8,17,20H,7,9-13,26H2,(H,27,32)(H,30,31)/t17-,20+/m1/s1. The number of carboxylic acids is 1. The van der Waals surface area contributed by atoms with Crippen molar-refractivity contribution in [1.29, 1.82) is 0 Å². The zero-order valence-electron chi connectivity index (χ0n) is 17.8. The molecule has 2 atom stereocenters. The highest BCUT2D eigenvalue weighted by Crippen LogP contribution is 2.23. The minimum Gasteiger partial charge on any atom is -0.481 e. The van der Waals surface area contributed by atoms with Crippen molar-refractivity contribution in [2.24, 2.45) is 5.73 Å². The van der Waals surface area contributed by atoms with Gasteiger partial charge in [-0.1, -0.05) is 30.3 Å². The van der Waals surface area contributed by atoms with Gasteiger partial charge in [0, 0.05) is 24.8 Å². The molecule has 2 aromatic rings. The van der Waals surface area contributed by atoms with E-state index in [1.807, 2.05) is 0 Å². The number of nitrogens with zero attached hydrogens (tertiary/aromatic N) is 1. The molecule has 2 aromatic carbocycles. The van der Waals surface area contributed by atoms with Crippen LogP contribution in [0.15, 0.2) is 42.5 Å². The summed E-state index contributed by atoms with van der Waals surface area (Å²) in [6, 6.07) is 9.21. The maximum absolute atomic E-state index is 13.4. The third-order valence-corrected chi connectivity index (χ3v) is 6.28. The molecule has 2 amide bonds. The summed E-state index contributed by atoms with van der Waals surface area (Å²) in [7, 11) is 0. The smallest absolute Gasteiger partial charge is 0.307 e. The van der Waals surface area contributed by atoms with E-state index in [1.165, 1.54) is 22.7 Å². The Morgan fingerprint density at radius 3 is 2.42 bits per heavy atom. The van der Waals surface area contributed by atoms with Gasteiger partial charge in [-0.15, -0.1) is 11.8 Å². The first kappa shape index (κ1) is 24.7. The number of aliphatic carboxylic acids is 1. The molecule has 176 valence electrons. The maximum Gasteiger partial charge on any atom is 0.307 e. The Morgan fingerprint density at radius 2 is 1.76 bits per heavy atom. The summed E-state index contributed by atoms with van der Waals surface area (Å²) in [5, 5.41) is 11.6. The molecule has 7 nitrogen and oxygen atoms in total. The Balaban J connectivity index is 1.51. The number of carboxylic acid groups (broad SMARTS) is 1. The van der Waals surface area contributed by atoms with Crippen LogP contribution in [-0.2, 0) is 33.8 Å². The van der Waals surface area contributed by atoms with Crippen molar-refractivity contribution in [3.63, 3.8) is 0 Å². The van der Waals surface area contributed by atoms with Gasteiger partial charge in [-0.05, 0) is 35.2 Å². The lowest BCUT2D eigenvalue weighted by Crippen LogP contribution is -2.48. The fourth-order valence-electron chi connectivity index (χ4n) is 3.55. The first-order valence-electron chi connectivity index (χ1n) is 10.4. The van der Waals surface area contributed by atoms with Gasteiger partial charge in [0.15, 0.2) is 11.6 Å². The van der Waals surface area contributed by atoms with Crippen molar-refractivity contribution >= 4 is 29.5 Å². The maximum atomic E-state index is 13.4. The molecule has 0 radical (unpaired) electrons. The fourth-order valence-corrected chi connectivity index (χ4v) is 4.73. The van der Waals surface area contributed by atoms with Gasteiger partial charge in [0.25, 0.3) is 0 Å². The number of nitrogens with one attached hydrogen (secondary N) is 1. The van der Waals surface area contributed by atoms with Gasteiger partial charge < -0.3 is 21.1 Å². The normalized spacial score (nSPS) is 16.5. The molecule has 1 aliphatic heterocycles. The van der Waals surface area contributed by atoms with Crippen LogP contribution in [-0.4, -0.2) is 51.5 Å². The monoisotopic (exact) mass is 477 g/mol. The lowest BCUT2D eigenvalue weighted by molar-refractivity contribution is -0.138. The van der Waals surface area contributed by atoms with Gasteiger partial charge in [0.05, 0.1) is 12.3 Å². The Hall–Kier alpha value is -2.98. The summed E-state index contributed by atoms with van der Waals surface area (Å²) in [5.41, 5.74) is 8.03. The number of halogens is 2. The summed E-state index contributed by atoms with van der Waals surface area (Å²) in [5.74, 6) is -2.53. The Bertz CT molecular complexity index is 1020. The molecule has 0 aliphatic carbocycles. The number of carbonyl (C=O) groups excluding carboxylic acids is 2. The molecule has 3 rings (SSSR count). The molecule has 1 heterocycles. The van der Waals surface area contributed by atoms with E-state index in [1.54, 1.807) is 24.3 Å². The third kappa shape index (κ3) is 7.00. The second kappa shape index (κ2) is 11.2. The number of carbonyl (C=O) groups is 3. The number of rotatable bonds is 9. The molecule has 4 N–H and O–H groups in total. The number of nitrogens with two attached hydrogens (primary N) is 1. The molecule has 1 fully saturated rings. The van der Waals surface area contributed by atoms with Crippen LogP contribution in [0.4, 0.5) is 8.78 Å². The number of benzene rings is 2. The lowest BCUT2D eigenvalue weighted by Gasteiger charge is -2.24. The van der Waals surface area contributed by atoms with Crippen molar-refractivity contribution in [3.05, 3.63) is 70.8 Å². The van der Waals surface area contributed by atoms with E-state index in [0.29, 0.717) is 22.8 Å².